The van der Waals surface area contributed by atoms with Crippen LogP contribution in [0.2, 0.25) is 0 Å². The third-order valence-corrected chi connectivity index (χ3v) is 6.50. The van der Waals surface area contributed by atoms with Crippen LogP contribution in [0.4, 0.5) is 4.79 Å². The van der Waals surface area contributed by atoms with Gasteiger partial charge in [0.1, 0.15) is 6.54 Å². The second-order valence-corrected chi connectivity index (χ2v) is 8.85. The normalized spacial score (nSPS) is 16.8. The quantitative estimate of drug-likeness (QED) is 0.572. The third-order valence-electron chi connectivity index (χ3n) is 5.60. The first-order valence-corrected chi connectivity index (χ1v) is 11.7. The number of benzene rings is 2. The van der Waals surface area contributed by atoms with Crippen molar-refractivity contribution in [3.63, 3.8) is 0 Å². The molecule has 0 atom stereocenters. The molecule has 0 bridgehead atoms. The van der Waals surface area contributed by atoms with Gasteiger partial charge in [-0.1, -0.05) is 37.3 Å². The summed E-state index contributed by atoms with van der Waals surface area (Å²) in [5, 5.41) is -0.438. The van der Waals surface area contributed by atoms with Gasteiger partial charge < -0.3 is 14.4 Å². The molecular weight excluding hydrogens is 440 g/mol. The molecule has 0 aromatic heterocycles. The average molecular weight is 467 g/mol. The van der Waals surface area contributed by atoms with Gasteiger partial charge in [-0.15, -0.1) is 0 Å². The van der Waals surface area contributed by atoms with Crippen molar-refractivity contribution in [2.24, 2.45) is 0 Å². The van der Waals surface area contributed by atoms with Crippen molar-refractivity contribution in [2.45, 2.75) is 26.3 Å². The minimum absolute atomic E-state index is 0.229. The molecule has 1 fully saturated rings. The number of rotatable bonds is 7. The number of hydrogen-bond acceptors (Lipinski definition) is 6. The van der Waals surface area contributed by atoms with Crippen molar-refractivity contribution >= 4 is 34.9 Å². The van der Waals surface area contributed by atoms with Gasteiger partial charge in [-0.3, -0.25) is 19.3 Å². The highest BCUT2D eigenvalue weighted by Gasteiger charge is 2.37. The number of amides is 3. The number of fused-ring (bicyclic) bond motifs is 1. The Bertz CT molecular complexity index is 1110. The largest absolute Gasteiger partial charge is 0.493 e. The molecule has 2 aliphatic rings. The average Bonchev–Trinajstić information content (AvgIpc) is 3.09. The lowest BCUT2D eigenvalue weighted by atomic mass is 10.00. The van der Waals surface area contributed by atoms with Crippen LogP contribution >= 0.6 is 11.8 Å². The lowest BCUT2D eigenvalue weighted by molar-refractivity contribution is -0.136. The van der Waals surface area contributed by atoms with Crippen molar-refractivity contribution < 1.29 is 23.9 Å². The van der Waals surface area contributed by atoms with E-state index >= 15 is 0 Å². The first-order chi connectivity index (χ1) is 16.0. The highest BCUT2D eigenvalue weighted by atomic mass is 32.2. The van der Waals surface area contributed by atoms with Crippen molar-refractivity contribution in [3.8, 4) is 11.5 Å². The van der Waals surface area contributed by atoms with Crippen LogP contribution in [0.5, 0.6) is 11.5 Å². The SMILES string of the molecule is CCCOc1ccc(/C=C2\SC(=O)N(CC(=O)N3CCc4ccccc4C3)C2=O)cc1OC. The minimum Gasteiger partial charge on any atom is -0.493 e. The molecule has 3 amide bonds. The summed E-state index contributed by atoms with van der Waals surface area (Å²) < 4.78 is 11.0. The van der Waals surface area contributed by atoms with Crippen LogP contribution in [0, 0.1) is 0 Å². The molecule has 7 nitrogen and oxygen atoms in total. The zero-order chi connectivity index (χ0) is 23.4. The Labute approximate surface area is 197 Å². The van der Waals surface area contributed by atoms with Gasteiger partial charge in [-0.25, -0.2) is 0 Å². The summed E-state index contributed by atoms with van der Waals surface area (Å²) in [5.41, 5.74) is 3.05. The van der Waals surface area contributed by atoms with E-state index in [2.05, 4.69) is 6.07 Å². The molecule has 2 aromatic rings. The fourth-order valence-corrected chi connectivity index (χ4v) is 4.68. The monoisotopic (exact) mass is 466 g/mol. The number of carbonyl (C=O) groups excluding carboxylic acids is 3. The highest BCUT2D eigenvalue weighted by molar-refractivity contribution is 8.18. The Morgan fingerprint density at radius 2 is 1.91 bits per heavy atom. The van der Waals surface area contributed by atoms with Gasteiger partial charge in [0.15, 0.2) is 11.5 Å². The van der Waals surface area contributed by atoms with E-state index in [1.54, 1.807) is 36.3 Å². The van der Waals surface area contributed by atoms with Crippen LogP contribution in [-0.4, -0.2) is 53.7 Å². The Kier molecular flexibility index (Phi) is 7.03. The molecule has 0 N–H and O–H groups in total. The Balaban J connectivity index is 1.44. The molecule has 8 heteroatoms. The van der Waals surface area contributed by atoms with Gasteiger partial charge in [0, 0.05) is 13.1 Å². The van der Waals surface area contributed by atoms with Gasteiger partial charge in [0.05, 0.1) is 18.6 Å². The smallest absolute Gasteiger partial charge is 0.294 e. The number of imide groups is 1. The van der Waals surface area contributed by atoms with E-state index < -0.39 is 11.1 Å². The lowest BCUT2D eigenvalue weighted by Gasteiger charge is -2.29. The van der Waals surface area contributed by atoms with Crippen molar-refractivity contribution in [1.82, 2.24) is 9.80 Å². The second kappa shape index (κ2) is 10.1. The predicted molar refractivity (Wildman–Crippen MR) is 127 cm³/mol. The molecule has 4 rings (SSSR count). The molecule has 33 heavy (non-hydrogen) atoms. The van der Waals surface area contributed by atoms with E-state index in [4.69, 9.17) is 9.47 Å². The van der Waals surface area contributed by atoms with Crippen LogP contribution < -0.4 is 9.47 Å². The van der Waals surface area contributed by atoms with E-state index in [1.165, 1.54) is 5.56 Å². The zero-order valence-corrected chi connectivity index (χ0v) is 19.5. The topological polar surface area (TPSA) is 76.2 Å². The van der Waals surface area contributed by atoms with Crippen molar-refractivity contribution in [3.05, 3.63) is 64.1 Å². The van der Waals surface area contributed by atoms with Crippen LogP contribution in [-0.2, 0) is 22.6 Å². The Morgan fingerprint density at radius 1 is 1.12 bits per heavy atom. The molecule has 0 spiro atoms. The summed E-state index contributed by atoms with van der Waals surface area (Å²) in [5.74, 6) is 0.489. The predicted octanol–water partition coefficient (Wildman–Crippen LogP) is 4.11. The fraction of sp³-hybridized carbons (Fsp3) is 0.320. The van der Waals surface area contributed by atoms with E-state index in [9.17, 15) is 14.4 Å². The maximum Gasteiger partial charge on any atom is 0.294 e. The Morgan fingerprint density at radius 3 is 2.67 bits per heavy atom. The van der Waals surface area contributed by atoms with E-state index in [0.717, 1.165) is 35.1 Å². The zero-order valence-electron chi connectivity index (χ0n) is 18.7. The molecule has 172 valence electrons. The molecule has 2 aromatic carbocycles. The van der Waals surface area contributed by atoms with Crippen molar-refractivity contribution in [1.29, 1.82) is 0 Å². The third kappa shape index (κ3) is 5.06. The number of carbonyl (C=O) groups is 3. The molecule has 0 saturated carbocycles. The Hall–Kier alpha value is -3.26. The molecule has 2 heterocycles. The van der Waals surface area contributed by atoms with Gasteiger partial charge >= 0.3 is 0 Å². The van der Waals surface area contributed by atoms with Crippen LogP contribution in [0.25, 0.3) is 6.08 Å². The summed E-state index contributed by atoms with van der Waals surface area (Å²) in [4.78, 5) is 41.3. The first kappa shape index (κ1) is 22.9. The molecule has 0 aliphatic carbocycles. The number of thioether (sulfide) groups is 1. The van der Waals surface area contributed by atoms with Gasteiger partial charge in [-0.2, -0.15) is 0 Å². The highest BCUT2D eigenvalue weighted by Crippen LogP contribution is 2.34. The number of nitrogens with zero attached hydrogens (tertiary/aromatic N) is 2. The van der Waals surface area contributed by atoms with Crippen molar-refractivity contribution in [2.75, 3.05) is 26.8 Å². The van der Waals surface area contributed by atoms with Gasteiger partial charge in [0.25, 0.3) is 11.1 Å². The standard InChI is InChI=1S/C25H26N2O5S/c1-3-12-32-20-9-8-17(13-21(20)31-2)14-22-24(29)27(25(30)33-22)16-23(28)26-11-10-18-6-4-5-7-19(18)15-26/h4-9,13-14H,3,10-12,15-16H2,1-2H3/b22-14-. The molecular formula is C25H26N2O5S. The molecule has 2 aliphatic heterocycles. The van der Waals surface area contributed by atoms with E-state index in [0.29, 0.717) is 36.8 Å². The number of ether oxygens (including phenoxy) is 2. The summed E-state index contributed by atoms with van der Waals surface area (Å²) in [6.45, 7) is 3.41. The summed E-state index contributed by atoms with van der Waals surface area (Å²) in [6, 6.07) is 13.4. The second-order valence-electron chi connectivity index (χ2n) is 7.86. The molecule has 1 saturated heterocycles. The summed E-state index contributed by atoms with van der Waals surface area (Å²) in [6.07, 6.45) is 3.28. The lowest BCUT2D eigenvalue weighted by Crippen LogP contribution is -2.44. The van der Waals surface area contributed by atoms with Crippen LogP contribution in [0.3, 0.4) is 0 Å². The van der Waals surface area contributed by atoms with Crippen LogP contribution in [0.1, 0.15) is 30.0 Å². The summed E-state index contributed by atoms with van der Waals surface area (Å²) >= 11 is 0.841. The molecule has 0 unspecified atom stereocenters. The minimum atomic E-state index is -0.457. The fourth-order valence-electron chi connectivity index (χ4n) is 3.84. The maximum atomic E-state index is 12.9. The maximum absolute atomic E-state index is 12.9. The van der Waals surface area contributed by atoms with Crippen LogP contribution in [0.15, 0.2) is 47.4 Å². The summed E-state index contributed by atoms with van der Waals surface area (Å²) in [7, 11) is 1.55. The van der Waals surface area contributed by atoms with Gasteiger partial charge in [-0.05, 0) is 59.5 Å². The number of methoxy groups -OCH3 is 1. The van der Waals surface area contributed by atoms with E-state index in [1.807, 2.05) is 25.1 Å². The van der Waals surface area contributed by atoms with Gasteiger partial charge in [0.2, 0.25) is 5.91 Å². The first-order valence-electron chi connectivity index (χ1n) is 10.9. The molecule has 0 radical (unpaired) electrons. The number of hydrogen-bond donors (Lipinski definition) is 0. The van der Waals surface area contributed by atoms with E-state index in [-0.39, 0.29) is 17.4 Å².